The Bertz CT molecular complexity index is 578. The molecular weight excluding hydrogens is 256 g/mol. The minimum absolute atomic E-state index is 0.310. The van der Waals surface area contributed by atoms with E-state index >= 15 is 0 Å². The molecule has 2 aromatic heterocycles. The van der Waals surface area contributed by atoms with Crippen molar-refractivity contribution in [2.45, 2.75) is 33.3 Å². The van der Waals surface area contributed by atoms with Crippen molar-refractivity contribution in [2.24, 2.45) is 0 Å². The van der Waals surface area contributed by atoms with Crippen LogP contribution in [-0.2, 0) is 16.1 Å². The first-order valence-corrected chi connectivity index (χ1v) is 6.98. The average Bonchev–Trinajstić information content (AvgIpc) is 2.92. The number of aromatic nitrogens is 2. The first kappa shape index (κ1) is 14.5. The summed E-state index contributed by atoms with van der Waals surface area (Å²) in [7, 11) is 0. The van der Waals surface area contributed by atoms with Crippen molar-refractivity contribution in [3.63, 3.8) is 0 Å². The van der Waals surface area contributed by atoms with Crippen LogP contribution in [0.15, 0.2) is 24.4 Å². The van der Waals surface area contributed by atoms with E-state index in [2.05, 4.69) is 12.0 Å². The smallest absolute Gasteiger partial charge is 0.358 e. The second-order valence-electron chi connectivity index (χ2n) is 4.52. The van der Waals surface area contributed by atoms with E-state index in [1.54, 1.807) is 17.5 Å². The largest absolute Gasteiger partial charge is 0.461 e. The van der Waals surface area contributed by atoms with Gasteiger partial charge in [-0.2, -0.15) is 5.10 Å². The van der Waals surface area contributed by atoms with Crippen molar-refractivity contribution >= 4 is 11.5 Å². The minimum atomic E-state index is -0.405. The van der Waals surface area contributed by atoms with E-state index in [4.69, 9.17) is 9.47 Å². The van der Waals surface area contributed by atoms with Gasteiger partial charge in [0.05, 0.1) is 18.7 Å². The normalized spacial score (nSPS) is 10.9. The Morgan fingerprint density at radius 3 is 3.00 bits per heavy atom. The van der Waals surface area contributed by atoms with E-state index < -0.39 is 5.97 Å². The van der Waals surface area contributed by atoms with E-state index in [1.807, 2.05) is 18.3 Å². The van der Waals surface area contributed by atoms with Gasteiger partial charge in [-0.05, 0) is 31.5 Å². The molecule has 0 N–H and O–H groups in total. The lowest BCUT2D eigenvalue weighted by Gasteiger charge is -2.08. The molecule has 0 unspecified atom stereocenters. The number of ether oxygens (including phenoxy) is 2. The summed E-state index contributed by atoms with van der Waals surface area (Å²) >= 11 is 0. The Kier molecular flexibility index (Phi) is 5.12. The van der Waals surface area contributed by atoms with E-state index in [0.29, 0.717) is 18.9 Å². The zero-order valence-corrected chi connectivity index (χ0v) is 12.0. The number of nitrogens with zero attached hydrogens (tertiary/aromatic N) is 2. The molecule has 0 atom stereocenters. The summed E-state index contributed by atoms with van der Waals surface area (Å²) in [6.07, 6.45) is 3.95. The Morgan fingerprint density at radius 2 is 2.25 bits per heavy atom. The van der Waals surface area contributed by atoms with Crippen molar-refractivity contribution in [1.29, 1.82) is 0 Å². The fourth-order valence-electron chi connectivity index (χ4n) is 1.95. The molecule has 0 aliphatic rings. The summed E-state index contributed by atoms with van der Waals surface area (Å²) in [5, 5.41) is 4.25. The highest BCUT2D eigenvalue weighted by Gasteiger charge is 2.13. The Balaban J connectivity index is 2.21. The van der Waals surface area contributed by atoms with Crippen LogP contribution in [0.1, 0.15) is 42.7 Å². The third-order valence-electron chi connectivity index (χ3n) is 2.97. The van der Waals surface area contributed by atoms with Gasteiger partial charge >= 0.3 is 5.97 Å². The quantitative estimate of drug-likeness (QED) is 0.576. The van der Waals surface area contributed by atoms with Crippen molar-refractivity contribution in [1.82, 2.24) is 9.61 Å². The molecule has 0 aliphatic carbocycles. The molecule has 0 fully saturated rings. The maximum Gasteiger partial charge on any atom is 0.358 e. The van der Waals surface area contributed by atoms with Gasteiger partial charge in [0, 0.05) is 18.4 Å². The molecule has 0 bridgehead atoms. The lowest BCUT2D eigenvalue weighted by molar-refractivity contribution is 0.0517. The van der Waals surface area contributed by atoms with Crippen LogP contribution in [0, 0.1) is 0 Å². The molecule has 0 saturated heterocycles. The molecular formula is C15H20N2O3. The minimum Gasteiger partial charge on any atom is -0.461 e. The lowest BCUT2D eigenvalue weighted by Crippen LogP contribution is -2.11. The Morgan fingerprint density at radius 1 is 1.40 bits per heavy atom. The zero-order chi connectivity index (χ0) is 14.4. The molecule has 0 amide bonds. The van der Waals surface area contributed by atoms with Gasteiger partial charge in [-0.15, -0.1) is 0 Å². The van der Waals surface area contributed by atoms with Crippen LogP contribution in [0.5, 0.6) is 0 Å². The highest BCUT2D eigenvalue weighted by molar-refractivity contribution is 5.87. The van der Waals surface area contributed by atoms with E-state index in [0.717, 1.165) is 30.5 Å². The number of esters is 1. The number of rotatable bonds is 7. The summed E-state index contributed by atoms with van der Waals surface area (Å²) in [6, 6.07) is 5.60. The van der Waals surface area contributed by atoms with Gasteiger partial charge in [-0.25, -0.2) is 9.31 Å². The topological polar surface area (TPSA) is 52.8 Å². The molecule has 2 heterocycles. The number of hydrogen-bond acceptors (Lipinski definition) is 4. The van der Waals surface area contributed by atoms with Crippen LogP contribution in [0.2, 0.25) is 0 Å². The molecule has 0 aliphatic heterocycles. The number of unbranched alkanes of at least 4 members (excludes halogenated alkanes) is 1. The van der Waals surface area contributed by atoms with Gasteiger partial charge in [0.15, 0.2) is 5.69 Å². The standard InChI is InChI=1S/C15H20N2O3/c1-3-5-9-19-11-12-10-13(15(18)20-4-2)16-17-8-6-7-14(12)17/h6-8,10H,3-5,9,11H2,1-2H3. The van der Waals surface area contributed by atoms with Crippen LogP contribution in [0.25, 0.3) is 5.52 Å². The van der Waals surface area contributed by atoms with Crippen LogP contribution in [0.4, 0.5) is 0 Å². The second kappa shape index (κ2) is 7.05. The maximum absolute atomic E-state index is 11.8. The van der Waals surface area contributed by atoms with E-state index in [9.17, 15) is 4.79 Å². The predicted octanol–water partition coefficient (Wildman–Crippen LogP) is 2.83. The van der Waals surface area contributed by atoms with Crippen LogP contribution >= 0.6 is 0 Å². The highest BCUT2D eigenvalue weighted by atomic mass is 16.5. The molecule has 2 rings (SSSR count). The van der Waals surface area contributed by atoms with Gasteiger partial charge < -0.3 is 9.47 Å². The number of carbonyl (C=O) groups excluding carboxylic acids is 1. The third-order valence-corrected chi connectivity index (χ3v) is 2.97. The molecule has 0 spiro atoms. The maximum atomic E-state index is 11.8. The van der Waals surface area contributed by atoms with Crippen LogP contribution < -0.4 is 0 Å². The van der Waals surface area contributed by atoms with Crippen molar-refractivity contribution in [3.05, 3.63) is 35.7 Å². The summed E-state index contributed by atoms with van der Waals surface area (Å²) in [5.74, 6) is -0.405. The number of hydrogen-bond donors (Lipinski definition) is 0. The van der Waals surface area contributed by atoms with Crippen LogP contribution in [0.3, 0.4) is 0 Å². The Hall–Kier alpha value is -1.88. The zero-order valence-electron chi connectivity index (χ0n) is 12.0. The summed E-state index contributed by atoms with van der Waals surface area (Å²) < 4.78 is 12.3. The third kappa shape index (κ3) is 3.36. The van der Waals surface area contributed by atoms with E-state index in [1.165, 1.54) is 0 Å². The molecule has 0 aromatic carbocycles. The van der Waals surface area contributed by atoms with Gasteiger partial charge in [-0.3, -0.25) is 0 Å². The molecule has 5 heteroatoms. The molecule has 108 valence electrons. The predicted molar refractivity (Wildman–Crippen MR) is 75.7 cm³/mol. The summed E-state index contributed by atoms with van der Waals surface area (Å²) in [5.41, 5.74) is 2.21. The number of carbonyl (C=O) groups is 1. The Labute approximate surface area is 118 Å². The average molecular weight is 276 g/mol. The molecule has 0 saturated carbocycles. The fourth-order valence-corrected chi connectivity index (χ4v) is 1.95. The second-order valence-corrected chi connectivity index (χ2v) is 4.52. The SMILES string of the molecule is CCCCOCc1cc(C(=O)OCC)nn2cccc12. The molecule has 0 radical (unpaired) electrons. The van der Waals surface area contributed by atoms with E-state index in [-0.39, 0.29) is 0 Å². The summed E-state index contributed by atoms with van der Waals surface area (Å²) in [6.45, 7) is 5.44. The lowest BCUT2D eigenvalue weighted by atomic mass is 10.2. The first-order chi connectivity index (χ1) is 9.76. The van der Waals surface area contributed by atoms with Gasteiger partial charge in [-0.1, -0.05) is 13.3 Å². The molecule has 2 aromatic rings. The number of fused-ring (bicyclic) bond motifs is 1. The van der Waals surface area contributed by atoms with Gasteiger partial charge in [0.2, 0.25) is 0 Å². The first-order valence-electron chi connectivity index (χ1n) is 6.98. The summed E-state index contributed by atoms with van der Waals surface area (Å²) in [4.78, 5) is 11.8. The van der Waals surface area contributed by atoms with Crippen molar-refractivity contribution in [3.8, 4) is 0 Å². The molecule has 20 heavy (non-hydrogen) atoms. The monoisotopic (exact) mass is 276 g/mol. The van der Waals surface area contributed by atoms with Crippen molar-refractivity contribution < 1.29 is 14.3 Å². The van der Waals surface area contributed by atoms with Gasteiger partial charge in [0.1, 0.15) is 0 Å². The highest BCUT2D eigenvalue weighted by Crippen LogP contribution is 2.14. The van der Waals surface area contributed by atoms with Gasteiger partial charge in [0.25, 0.3) is 0 Å². The molecule has 5 nitrogen and oxygen atoms in total. The fraction of sp³-hybridized carbons (Fsp3) is 0.467. The van der Waals surface area contributed by atoms with Crippen molar-refractivity contribution in [2.75, 3.05) is 13.2 Å². The van der Waals surface area contributed by atoms with Crippen LogP contribution in [-0.4, -0.2) is 28.8 Å².